The molecule has 25 heavy (non-hydrogen) atoms. The number of benzene rings is 2. The van der Waals surface area contributed by atoms with Crippen molar-refractivity contribution >= 4 is 52.3 Å². The van der Waals surface area contributed by atoms with E-state index in [-0.39, 0.29) is 11.0 Å². The monoisotopic (exact) mass is 393 g/mol. The molecule has 0 aliphatic rings. The van der Waals surface area contributed by atoms with Crippen molar-refractivity contribution in [2.45, 2.75) is 25.7 Å². The van der Waals surface area contributed by atoms with Crippen LogP contribution in [-0.2, 0) is 4.79 Å². The Labute approximate surface area is 162 Å². The number of hydrazine groups is 1. The fourth-order valence-corrected chi connectivity index (χ4v) is 3.38. The molecule has 0 heterocycles. The fraction of sp³-hybridized carbons (Fsp3) is 0.222. The predicted molar refractivity (Wildman–Crippen MR) is 110 cm³/mol. The van der Waals surface area contributed by atoms with Crippen molar-refractivity contribution in [3.63, 3.8) is 0 Å². The zero-order chi connectivity index (χ0) is 18.4. The number of thioether (sulfide) groups is 1. The van der Waals surface area contributed by atoms with Crippen molar-refractivity contribution in [3.8, 4) is 0 Å². The molecule has 0 aliphatic carbocycles. The van der Waals surface area contributed by atoms with Gasteiger partial charge in [0.2, 0.25) is 5.91 Å². The summed E-state index contributed by atoms with van der Waals surface area (Å²) < 4.78 is 0. The van der Waals surface area contributed by atoms with Crippen LogP contribution in [0.15, 0.2) is 41.3 Å². The standard InChI is InChI=1S/C18H20ClN3OS2/c1-11-4-6-14(7-5-11)25-10-16(23)21-22-18(24)20-17-13(3)8-12(2)9-15(17)19/h4-9H,10H2,1-3H3,(H,21,23)(H2,20,22,24). The molecule has 0 aromatic heterocycles. The van der Waals surface area contributed by atoms with E-state index in [0.717, 1.165) is 21.7 Å². The van der Waals surface area contributed by atoms with Gasteiger partial charge in [-0.15, -0.1) is 11.8 Å². The van der Waals surface area contributed by atoms with E-state index in [2.05, 4.69) is 16.2 Å². The third-order valence-corrected chi connectivity index (χ3v) is 4.89. The molecule has 0 saturated heterocycles. The first kappa shape index (κ1) is 19.6. The molecule has 3 N–H and O–H groups in total. The topological polar surface area (TPSA) is 53.2 Å². The molecule has 2 rings (SSSR count). The first-order chi connectivity index (χ1) is 11.8. The van der Waals surface area contributed by atoms with Crippen LogP contribution in [0.5, 0.6) is 0 Å². The van der Waals surface area contributed by atoms with Gasteiger partial charge in [0.25, 0.3) is 0 Å². The maximum Gasteiger partial charge on any atom is 0.248 e. The molecule has 0 saturated carbocycles. The van der Waals surface area contributed by atoms with Crippen LogP contribution in [0.2, 0.25) is 5.02 Å². The van der Waals surface area contributed by atoms with Gasteiger partial charge in [-0.1, -0.05) is 35.4 Å². The molecule has 2 aromatic carbocycles. The highest BCUT2D eigenvalue weighted by Gasteiger charge is 2.08. The number of amides is 1. The molecule has 0 radical (unpaired) electrons. The third-order valence-electron chi connectivity index (χ3n) is 3.38. The lowest BCUT2D eigenvalue weighted by Crippen LogP contribution is -2.44. The van der Waals surface area contributed by atoms with Gasteiger partial charge in [0.15, 0.2) is 5.11 Å². The Morgan fingerprint density at radius 1 is 1.08 bits per heavy atom. The first-order valence-electron chi connectivity index (χ1n) is 7.67. The minimum Gasteiger partial charge on any atom is -0.330 e. The molecule has 4 nitrogen and oxygen atoms in total. The lowest BCUT2D eigenvalue weighted by atomic mass is 10.1. The van der Waals surface area contributed by atoms with Crippen molar-refractivity contribution in [1.82, 2.24) is 10.9 Å². The highest BCUT2D eigenvalue weighted by Crippen LogP contribution is 2.27. The largest absolute Gasteiger partial charge is 0.330 e. The van der Waals surface area contributed by atoms with Gasteiger partial charge < -0.3 is 5.32 Å². The molecular weight excluding hydrogens is 374 g/mol. The lowest BCUT2D eigenvalue weighted by molar-refractivity contribution is -0.119. The molecular formula is C18H20ClN3OS2. The lowest BCUT2D eigenvalue weighted by Gasteiger charge is -2.15. The van der Waals surface area contributed by atoms with Gasteiger partial charge in [0, 0.05) is 4.90 Å². The number of hydrogen-bond donors (Lipinski definition) is 3. The zero-order valence-corrected chi connectivity index (χ0v) is 16.7. The number of thiocarbonyl (C=S) groups is 1. The molecule has 0 aliphatic heterocycles. The number of carbonyl (C=O) groups is 1. The molecule has 2 aromatic rings. The van der Waals surface area contributed by atoms with Gasteiger partial charge in [-0.2, -0.15) is 0 Å². The fourth-order valence-electron chi connectivity index (χ4n) is 2.16. The Balaban J connectivity index is 1.79. The summed E-state index contributed by atoms with van der Waals surface area (Å²) in [6.07, 6.45) is 0. The summed E-state index contributed by atoms with van der Waals surface area (Å²) in [6, 6.07) is 11.9. The van der Waals surface area contributed by atoms with Gasteiger partial charge in [0.05, 0.1) is 16.5 Å². The second-order valence-electron chi connectivity index (χ2n) is 5.67. The van der Waals surface area contributed by atoms with Crippen molar-refractivity contribution < 1.29 is 4.79 Å². The average Bonchev–Trinajstić information content (AvgIpc) is 2.55. The van der Waals surface area contributed by atoms with E-state index in [0.29, 0.717) is 10.8 Å². The van der Waals surface area contributed by atoms with E-state index in [9.17, 15) is 4.79 Å². The van der Waals surface area contributed by atoms with Crippen LogP contribution >= 0.6 is 35.6 Å². The van der Waals surface area contributed by atoms with Crippen molar-refractivity contribution in [3.05, 3.63) is 58.1 Å². The van der Waals surface area contributed by atoms with Crippen LogP contribution in [0.25, 0.3) is 0 Å². The summed E-state index contributed by atoms with van der Waals surface area (Å²) in [7, 11) is 0. The summed E-state index contributed by atoms with van der Waals surface area (Å²) in [5.41, 5.74) is 9.25. The van der Waals surface area contributed by atoms with E-state index in [1.54, 1.807) is 0 Å². The van der Waals surface area contributed by atoms with Crippen LogP contribution in [0, 0.1) is 20.8 Å². The summed E-state index contributed by atoms with van der Waals surface area (Å²) in [5.74, 6) is 0.129. The number of nitrogens with one attached hydrogen (secondary N) is 3. The van der Waals surface area contributed by atoms with Gasteiger partial charge in [-0.05, 0) is 62.3 Å². The predicted octanol–water partition coefficient (Wildman–Crippen LogP) is 4.38. The normalized spacial score (nSPS) is 10.2. The molecule has 0 spiro atoms. The van der Waals surface area contributed by atoms with Crippen molar-refractivity contribution in [2.75, 3.05) is 11.1 Å². The summed E-state index contributed by atoms with van der Waals surface area (Å²) in [4.78, 5) is 13.0. The number of rotatable bonds is 4. The summed E-state index contributed by atoms with van der Waals surface area (Å²) in [5, 5.41) is 3.87. The Hall–Kier alpha value is -1.76. The molecule has 0 unspecified atom stereocenters. The van der Waals surface area contributed by atoms with E-state index < -0.39 is 0 Å². The van der Waals surface area contributed by atoms with Crippen LogP contribution in [0.4, 0.5) is 5.69 Å². The van der Waals surface area contributed by atoms with Crippen LogP contribution in [0.3, 0.4) is 0 Å². The van der Waals surface area contributed by atoms with Crippen LogP contribution in [0.1, 0.15) is 16.7 Å². The number of aryl methyl sites for hydroxylation is 3. The smallest absolute Gasteiger partial charge is 0.248 e. The van der Waals surface area contributed by atoms with Crippen LogP contribution in [-0.4, -0.2) is 16.8 Å². The highest BCUT2D eigenvalue weighted by atomic mass is 35.5. The number of hydrogen-bond acceptors (Lipinski definition) is 3. The molecule has 0 fully saturated rings. The second kappa shape index (κ2) is 9.08. The van der Waals surface area contributed by atoms with Crippen molar-refractivity contribution in [2.24, 2.45) is 0 Å². The molecule has 1 amide bonds. The SMILES string of the molecule is Cc1ccc(SCC(=O)NNC(=S)Nc2c(C)cc(C)cc2Cl)cc1. The summed E-state index contributed by atoms with van der Waals surface area (Å²) >= 11 is 12.9. The second-order valence-corrected chi connectivity index (χ2v) is 7.53. The number of anilines is 1. The van der Waals surface area contributed by atoms with E-state index in [1.807, 2.05) is 57.2 Å². The number of carbonyl (C=O) groups excluding carboxylic acids is 1. The van der Waals surface area contributed by atoms with E-state index in [1.165, 1.54) is 17.3 Å². The zero-order valence-electron chi connectivity index (χ0n) is 14.3. The first-order valence-corrected chi connectivity index (χ1v) is 9.44. The van der Waals surface area contributed by atoms with Crippen LogP contribution < -0.4 is 16.2 Å². The Morgan fingerprint density at radius 2 is 1.76 bits per heavy atom. The Kier molecular flexibility index (Phi) is 7.11. The maximum atomic E-state index is 11.9. The molecule has 0 bridgehead atoms. The average molecular weight is 394 g/mol. The minimum atomic E-state index is -0.165. The Bertz CT molecular complexity index is 755. The van der Waals surface area contributed by atoms with Crippen molar-refractivity contribution in [1.29, 1.82) is 0 Å². The third kappa shape index (κ3) is 6.23. The number of halogens is 1. The highest BCUT2D eigenvalue weighted by molar-refractivity contribution is 8.00. The molecule has 132 valence electrons. The summed E-state index contributed by atoms with van der Waals surface area (Å²) in [6.45, 7) is 5.95. The van der Waals surface area contributed by atoms with Gasteiger partial charge in [-0.3, -0.25) is 15.6 Å². The quantitative estimate of drug-likeness (QED) is 0.409. The molecule has 7 heteroatoms. The molecule has 0 atom stereocenters. The maximum absolute atomic E-state index is 11.9. The van der Waals surface area contributed by atoms with Gasteiger partial charge in [-0.25, -0.2) is 0 Å². The van der Waals surface area contributed by atoms with E-state index >= 15 is 0 Å². The van der Waals surface area contributed by atoms with Gasteiger partial charge in [0.1, 0.15) is 0 Å². The van der Waals surface area contributed by atoms with E-state index in [4.69, 9.17) is 23.8 Å². The Morgan fingerprint density at radius 3 is 2.40 bits per heavy atom. The minimum absolute atomic E-state index is 0.165. The van der Waals surface area contributed by atoms with Gasteiger partial charge >= 0.3 is 0 Å².